The summed E-state index contributed by atoms with van der Waals surface area (Å²) in [7, 11) is 0. The number of hydrogen-bond acceptors (Lipinski definition) is 4. The van der Waals surface area contributed by atoms with Crippen LogP contribution in [0.3, 0.4) is 0 Å². The number of anilines is 1. The number of nitrogen functional groups attached to an aromatic ring is 1. The lowest BCUT2D eigenvalue weighted by atomic mass is 10.2. The first-order valence-electron chi connectivity index (χ1n) is 6.51. The Morgan fingerprint density at radius 2 is 1.95 bits per heavy atom. The van der Waals surface area contributed by atoms with Gasteiger partial charge in [-0.15, -0.1) is 0 Å². The molecule has 5 nitrogen and oxygen atoms in total. The van der Waals surface area contributed by atoms with Gasteiger partial charge in [0.2, 0.25) is 0 Å². The van der Waals surface area contributed by atoms with Gasteiger partial charge in [0.25, 0.3) is 5.91 Å². The molecule has 0 unspecified atom stereocenters. The first-order chi connectivity index (χ1) is 9.59. The van der Waals surface area contributed by atoms with Crippen molar-refractivity contribution in [1.29, 1.82) is 0 Å². The van der Waals surface area contributed by atoms with Crippen LogP contribution in [0.1, 0.15) is 30.0 Å². The summed E-state index contributed by atoms with van der Waals surface area (Å²) in [5.74, 6) is -0.177. The maximum absolute atomic E-state index is 12.6. The Balaban J connectivity index is 2.25. The molecule has 0 aromatic carbocycles. The van der Waals surface area contributed by atoms with Gasteiger partial charge in [-0.2, -0.15) is 0 Å². The van der Waals surface area contributed by atoms with Gasteiger partial charge >= 0.3 is 0 Å². The summed E-state index contributed by atoms with van der Waals surface area (Å²) in [4.78, 5) is 22.6. The quantitative estimate of drug-likeness (QED) is 0.923. The number of hydrogen-bond donors (Lipinski definition) is 1. The molecule has 2 aromatic heterocycles. The molecule has 0 saturated carbocycles. The second kappa shape index (κ2) is 6.14. The van der Waals surface area contributed by atoms with Crippen molar-refractivity contribution in [2.75, 3.05) is 5.73 Å². The molecule has 0 aliphatic rings. The van der Waals surface area contributed by atoms with E-state index in [1.807, 2.05) is 32.0 Å². The minimum absolute atomic E-state index is 0.0333. The Labute approximate surface area is 118 Å². The Hall–Kier alpha value is -2.43. The molecule has 0 saturated heterocycles. The maximum atomic E-state index is 12.6. The Kier molecular flexibility index (Phi) is 4.30. The highest BCUT2D eigenvalue weighted by Gasteiger charge is 2.22. The number of carbonyl (C=O) groups excluding carboxylic acids is 1. The Morgan fingerprint density at radius 1 is 1.20 bits per heavy atom. The highest BCUT2D eigenvalue weighted by Crippen LogP contribution is 2.15. The highest BCUT2D eigenvalue weighted by atomic mass is 16.2. The molecule has 0 bridgehead atoms. The third kappa shape index (κ3) is 3.12. The van der Waals surface area contributed by atoms with Crippen molar-refractivity contribution >= 4 is 11.6 Å². The molecule has 2 rings (SSSR count). The van der Waals surface area contributed by atoms with E-state index in [0.29, 0.717) is 12.2 Å². The number of rotatable bonds is 4. The fraction of sp³-hybridized carbons (Fsp3) is 0.267. The lowest BCUT2D eigenvalue weighted by molar-refractivity contribution is 0.0683. The molecule has 2 N–H and O–H groups in total. The molecule has 5 heteroatoms. The van der Waals surface area contributed by atoms with E-state index < -0.39 is 0 Å². The van der Waals surface area contributed by atoms with E-state index in [-0.39, 0.29) is 17.6 Å². The largest absolute Gasteiger partial charge is 0.397 e. The van der Waals surface area contributed by atoms with Gasteiger partial charge in [0.15, 0.2) is 5.69 Å². The zero-order valence-corrected chi connectivity index (χ0v) is 11.7. The highest BCUT2D eigenvalue weighted by molar-refractivity contribution is 5.97. The zero-order valence-electron chi connectivity index (χ0n) is 11.7. The van der Waals surface area contributed by atoms with Crippen molar-refractivity contribution in [2.24, 2.45) is 0 Å². The standard InChI is InChI=1S/C15H18N4O/c1-11(2)19(10-12-6-3-4-8-17-12)15(20)14-13(16)7-5-9-18-14/h3-9,11H,10,16H2,1-2H3. The summed E-state index contributed by atoms with van der Waals surface area (Å²) in [6.07, 6.45) is 3.29. The predicted molar refractivity (Wildman–Crippen MR) is 77.9 cm³/mol. The topological polar surface area (TPSA) is 72.1 Å². The lowest BCUT2D eigenvalue weighted by Gasteiger charge is -2.26. The molecule has 20 heavy (non-hydrogen) atoms. The van der Waals surface area contributed by atoms with Crippen molar-refractivity contribution in [3.8, 4) is 0 Å². The molecule has 0 fully saturated rings. The van der Waals surface area contributed by atoms with E-state index in [4.69, 9.17) is 5.73 Å². The van der Waals surface area contributed by atoms with Crippen LogP contribution >= 0.6 is 0 Å². The first kappa shape index (κ1) is 14.0. The van der Waals surface area contributed by atoms with E-state index in [9.17, 15) is 4.79 Å². The predicted octanol–water partition coefficient (Wildman–Crippen LogP) is 2.11. The van der Waals surface area contributed by atoms with E-state index in [2.05, 4.69) is 9.97 Å². The van der Waals surface area contributed by atoms with Crippen molar-refractivity contribution in [3.05, 3.63) is 54.1 Å². The molecule has 2 aromatic rings. The second-order valence-corrected chi connectivity index (χ2v) is 4.79. The first-order valence-corrected chi connectivity index (χ1v) is 6.51. The number of nitrogens with two attached hydrogens (primary N) is 1. The van der Waals surface area contributed by atoms with Crippen LogP contribution in [0.2, 0.25) is 0 Å². The van der Waals surface area contributed by atoms with Crippen LogP contribution in [-0.4, -0.2) is 26.8 Å². The van der Waals surface area contributed by atoms with E-state index in [1.54, 1.807) is 29.4 Å². The number of amides is 1. The molecule has 0 spiro atoms. The van der Waals surface area contributed by atoms with Gasteiger partial charge in [-0.3, -0.25) is 9.78 Å². The van der Waals surface area contributed by atoms with Crippen molar-refractivity contribution in [1.82, 2.24) is 14.9 Å². The van der Waals surface area contributed by atoms with Gasteiger partial charge in [-0.05, 0) is 38.1 Å². The van der Waals surface area contributed by atoms with Gasteiger partial charge in [0, 0.05) is 18.4 Å². The minimum Gasteiger partial charge on any atom is -0.397 e. The summed E-state index contributed by atoms with van der Waals surface area (Å²) >= 11 is 0. The van der Waals surface area contributed by atoms with Gasteiger partial charge in [0.1, 0.15) is 0 Å². The number of nitrogens with zero attached hydrogens (tertiary/aromatic N) is 3. The van der Waals surface area contributed by atoms with E-state index >= 15 is 0 Å². The van der Waals surface area contributed by atoms with Crippen LogP contribution in [0.4, 0.5) is 5.69 Å². The van der Waals surface area contributed by atoms with Gasteiger partial charge in [-0.25, -0.2) is 4.98 Å². The lowest BCUT2D eigenvalue weighted by Crippen LogP contribution is -2.37. The summed E-state index contributed by atoms with van der Waals surface area (Å²) in [6.45, 7) is 4.35. The molecule has 2 heterocycles. The molecule has 1 amide bonds. The van der Waals surface area contributed by atoms with Crippen LogP contribution in [0.25, 0.3) is 0 Å². The Morgan fingerprint density at radius 3 is 2.55 bits per heavy atom. The molecular weight excluding hydrogens is 252 g/mol. The third-order valence-electron chi connectivity index (χ3n) is 2.98. The molecule has 0 aliphatic heterocycles. The fourth-order valence-electron chi connectivity index (χ4n) is 1.89. The molecule has 104 valence electrons. The van der Waals surface area contributed by atoms with Gasteiger partial charge < -0.3 is 10.6 Å². The average molecular weight is 270 g/mol. The minimum atomic E-state index is -0.177. The van der Waals surface area contributed by atoms with Crippen LogP contribution in [-0.2, 0) is 6.54 Å². The van der Waals surface area contributed by atoms with Gasteiger partial charge in [0.05, 0.1) is 17.9 Å². The van der Waals surface area contributed by atoms with Crippen molar-refractivity contribution in [3.63, 3.8) is 0 Å². The molecule has 0 atom stereocenters. The molecule has 0 aliphatic carbocycles. The Bertz CT molecular complexity index is 583. The van der Waals surface area contributed by atoms with E-state index in [0.717, 1.165) is 5.69 Å². The summed E-state index contributed by atoms with van der Waals surface area (Å²) in [5.41, 5.74) is 7.35. The second-order valence-electron chi connectivity index (χ2n) is 4.79. The zero-order chi connectivity index (χ0) is 14.5. The van der Waals surface area contributed by atoms with Crippen LogP contribution in [0.15, 0.2) is 42.7 Å². The van der Waals surface area contributed by atoms with Crippen molar-refractivity contribution < 1.29 is 4.79 Å². The normalized spacial score (nSPS) is 10.6. The van der Waals surface area contributed by atoms with Crippen LogP contribution < -0.4 is 5.73 Å². The van der Waals surface area contributed by atoms with Crippen LogP contribution in [0, 0.1) is 0 Å². The van der Waals surface area contributed by atoms with Crippen LogP contribution in [0.5, 0.6) is 0 Å². The molecule has 0 radical (unpaired) electrons. The fourth-order valence-corrected chi connectivity index (χ4v) is 1.89. The third-order valence-corrected chi connectivity index (χ3v) is 2.98. The summed E-state index contributed by atoms with van der Waals surface area (Å²) < 4.78 is 0. The number of aromatic nitrogens is 2. The average Bonchev–Trinajstić information content (AvgIpc) is 2.45. The number of carbonyl (C=O) groups is 1. The SMILES string of the molecule is CC(C)N(Cc1ccccn1)C(=O)c1ncccc1N. The monoisotopic (exact) mass is 270 g/mol. The molecular formula is C15H18N4O. The van der Waals surface area contributed by atoms with E-state index in [1.165, 1.54) is 0 Å². The van der Waals surface area contributed by atoms with Crippen molar-refractivity contribution in [2.45, 2.75) is 26.4 Å². The smallest absolute Gasteiger partial charge is 0.275 e. The van der Waals surface area contributed by atoms with Gasteiger partial charge in [-0.1, -0.05) is 6.07 Å². The summed E-state index contributed by atoms with van der Waals surface area (Å²) in [6, 6.07) is 9.07. The number of pyridine rings is 2. The summed E-state index contributed by atoms with van der Waals surface area (Å²) in [5, 5.41) is 0. The maximum Gasteiger partial charge on any atom is 0.275 e.